The van der Waals surface area contributed by atoms with Crippen LogP contribution in [0.5, 0.6) is 5.75 Å². The number of hydrogen-bond acceptors (Lipinski definition) is 3. The van der Waals surface area contributed by atoms with Crippen molar-refractivity contribution in [3.05, 3.63) is 72.6 Å². The van der Waals surface area contributed by atoms with Crippen LogP contribution < -0.4 is 4.74 Å². The van der Waals surface area contributed by atoms with Crippen molar-refractivity contribution in [2.75, 3.05) is 20.2 Å². The van der Waals surface area contributed by atoms with Crippen LogP contribution in [-0.4, -0.2) is 41.0 Å². The van der Waals surface area contributed by atoms with Crippen molar-refractivity contribution < 1.29 is 9.53 Å². The van der Waals surface area contributed by atoms with Gasteiger partial charge in [0.15, 0.2) is 0 Å². The molecule has 3 heterocycles. The third-order valence-corrected chi connectivity index (χ3v) is 5.76. The summed E-state index contributed by atoms with van der Waals surface area (Å²) in [5.74, 6) is 0.932. The molecule has 0 aliphatic carbocycles. The van der Waals surface area contributed by atoms with Gasteiger partial charge in [-0.25, -0.2) is 4.98 Å². The number of hydrogen-bond donors (Lipinski definition) is 1. The number of aromatic amines is 1. The zero-order chi connectivity index (χ0) is 20.5. The monoisotopic (exact) mass is 397 g/mol. The highest BCUT2D eigenvalue weighted by molar-refractivity contribution is 5.98. The molecule has 4 aromatic rings. The number of carbonyl (C=O) groups excluding carboxylic acids is 1. The van der Waals surface area contributed by atoms with Crippen LogP contribution in [0.2, 0.25) is 0 Å². The topological polar surface area (TPSA) is 58.2 Å². The smallest absolute Gasteiger partial charge is 0.253 e. The number of amides is 1. The maximum absolute atomic E-state index is 12.8. The largest absolute Gasteiger partial charge is 0.496 e. The predicted octanol–water partition coefficient (Wildman–Crippen LogP) is 5.14. The van der Waals surface area contributed by atoms with E-state index in [9.17, 15) is 4.79 Å². The number of H-pyrrole nitrogens is 1. The highest BCUT2D eigenvalue weighted by Gasteiger charge is 2.20. The van der Waals surface area contributed by atoms with E-state index in [4.69, 9.17) is 4.74 Å². The van der Waals surface area contributed by atoms with E-state index in [0.717, 1.165) is 70.5 Å². The second kappa shape index (κ2) is 7.67. The third-order valence-electron chi connectivity index (χ3n) is 5.76. The summed E-state index contributed by atoms with van der Waals surface area (Å²) in [5, 5.41) is 1.02. The first-order valence-corrected chi connectivity index (χ1v) is 10.2. The molecule has 0 radical (unpaired) electrons. The molecular weight excluding hydrogens is 374 g/mol. The summed E-state index contributed by atoms with van der Waals surface area (Å²) in [7, 11) is 1.68. The van der Waals surface area contributed by atoms with E-state index >= 15 is 0 Å². The Hall–Kier alpha value is -3.60. The van der Waals surface area contributed by atoms with E-state index in [-0.39, 0.29) is 5.91 Å². The SMILES string of the molecule is COc1ccccc1-c1c[nH]c2ncc(-c3cccc(C(=O)N4CCCC4)c3)cc12. The van der Waals surface area contributed by atoms with Gasteiger partial charge in [0, 0.05) is 53.1 Å². The molecule has 5 heteroatoms. The van der Waals surface area contributed by atoms with Crippen molar-refractivity contribution in [2.24, 2.45) is 0 Å². The van der Waals surface area contributed by atoms with Gasteiger partial charge in [-0.3, -0.25) is 4.79 Å². The quantitative estimate of drug-likeness (QED) is 0.519. The Bertz CT molecular complexity index is 1220. The molecule has 2 aromatic carbocycles. The first-order chi connectivity index (χ1) is 14.7. The van der Waals surface area contributed by atoms with Gasteiger partial charge >= 0.3 is 0 Å². The molecule has 5 rings (SSSR count). The first kappa shape index (κ1) is 18.4. The van der Waals surface area contributed by atoms with Gasteiger partial charge < -0.3 is 14.6 Å². The van der Waals surface area contributed by atoms with Crippen molar-refractivity contribution in [1.82, 2.24) is 14.9 Å². The minimum absolute atomic E-state index is 0.111. The van der Waals surface area contributed by atoms with E-state index < -0.39 is 0 Å². The first-order valence-electron chi connectivity index (χ1n) is 10.2. The Labute approximate surface area is 175 Å². The maximum Gasteiger partial charge on any atom is 0.253 e. The molecule has 30 heavy (non-hydrogen) atoms. The van der Waals surface area contributed by atoms with E-state index in [2.05, 4.69) is 16.0 Å². The molecule has 0 unspecified atom stereocenters. The summed E-state index contributed by atoms with van der Waals surface area (Å²) >= 11 is 0. The normalized spacial score (nSPS) is 13.7. The number of benzene rings is 2. The molecule has 0 bridgehead atoms. The molecule has 2 aromatic heterocycles. The summed E-state index contributed by atoms with van der Waals surface area (Å²) in [6, 6.07) is 17.9. The average Bonchev–Trinajstić information content (AvgIpc) is 3.48. The maximum atomic E-state index is 12.8. The minimum Gasteiger partial charge on any atom is -0.496 e. The summed E-state index contributed by atoms with van der Waals surface area (Å²) in [5.41, 5.74) is 5.58. The highest BCUT2D eigenvalue weighted by Crippen LogP contribution is 2.36. The van der Waals surface area contributed by atoms with Crippen LogP contribution >= 0.6 is 0 Å². The van der Waals surface area contributed by atoms with Gasteiger partial charge in [0.1, 0.15) is 11.4 Å². The summed E-state index contributed by atoms with van der Waals surface area (Å²) in [6.45, 7) is 1.70. The Morgan fingerprint density at radius 1 is 1.00 bits per heavy atom. The van der Waals surface area contributed by atoms with E-state index in [1.807, 2.05) is 65.8 Å². The lowest BCUT2D eigenvalue weighted by molar-refractivity contribution is 0.0793. The fourth-order valence-electron chi connectivity index (χ4n) is 4.19. The molecule has 150 valence electrons. The minimum atomic E-state index is 0.111. The Kier molecular flexibility index (Phi) is 4.71. The number of fused-ring (bicyclic) bond motifs is 1. The molecule has 1 saturated heterocycles. The summed E-state index contributed by atoms with van der Waals surface area (Å²) < 4.78 is 5.55. The predicted molar refractivity (Wildman–Crippen MR) is 119 cm³/mol. The zero-order valence-corrected chi connectivity index (χ0v) is 16.9. The van der Waals surface area contributed by atoms with Crippen LogP contribution in [0.25, 0.3) is 33.3 Å². The van der Waals surface area contributed by atoms with Crippen molar-refractivity contribution in [3.63, 3.8) is 0 Å². The number of nitrogens with zero attached hydrogens (tertiary/aromatic N) is 2. The number of ether oxygens (including phenoxy) is 1. The molecular formula is C25H23N3O2. The molecule has 1 aliphatic rings. The van der Waals surface area contributed by atoms with Crippen molar-refractivity contribution in [3.8, 4) is 28.0 Å². The number of carbonyl (C=O) groups is 1. The average molecular weight is 397 g/mol. The lowest BCUT2D eigenvalue weighted by Crippen LogP contribution is -2.27. The fourth-order valence-corrected chi connectivity index (χ4v) is 4.19. The van der Waals surface area contributed by atoms with Crippen molar-refractivity contribution in [2.45, 2.75) is 12.8 Å². The molecule has 0 saturated carbocycles. The number of pyridine rings is 1. The Balaban J connectivity index is 1.56. The number of nitrogens with one attached hydrogen (secondary N) is 1. The van der Waals surface area contributed by atoms with Crippen LogP contribution in [0, 0.1) is 0 Å². The fraction of sp³-hybridized carbons (Fsp3) is 0.200. The van der Waals surface area contributed by atoms with Gasteiger partial charge in [-0.2, -0.15) is 0 Å². The van der Waals surface area contributed by atoms with Gasteiger partial charge in [0.25, 0.3) is 5.91 Å². The zero-order valence-electron chi connectivity index (χ0n) is 16.9. The van der Waals surface area contributed by atoms with Crippen LogP contribution in [-0.2, 0) is 0 Å². The lowest BCUT2D eigenvalue weighted by Gasteiger charge is -2.15. The second-order valence-electron chi connectivity index (χ2n) is 7.60. The Morgan fingerprint density at radius 2 is 1.83 bits per heavy atom. The molecule has 1 N–H and O–H groups in total. The van der Waals surface area contributed by atoms with Gasteiger partial charge in [-0.1, -0.05) is 30.3 Å². The molecule has 0 atom stereocenters. The number of likely N-dealkylation sites (tertiary alicyclic amines) is 1. The lowest BCUT2D eigenvalue weighted by atomic mass is 10.0. The van der Waals surface area contributed by atoms with Crippen LogP contribution in [0.4, 0.5) is 0 Å². The second-order valence-corrected chi connectivity index (χ2v) is 7.60. The third kappa shape index (κ3) is 3.22. The van der Waals surface area contributed by atoms with Gasteiger partial charge in [-0.05, 0) is 42.7 Å². The van der Waals surface area contributed by atoms with Gasteiger partial charge in [0.05, 0.1) is 7.11 Å². The van der Waals surface area contributed by atoms with Crippen LogP contribution in [0.15, 0.2) is 67.0 Å². The van der Waals surface area contributed by atoms with Crippen LogP contribution in [0.3, 0.4) is 0 Å². The van der Waals surface area contributed by atoms with Crippen molar-refractivity contribution in [1.29, 1.82) is 0 Å². The van der Waals surface area contributed by atoms with Crippen LogP contribution in [0.1, 0.15) is 23.2 Å². The summed E-state index contributed by atoms with van der Waals surface area (Å²) in [4.78, 5) is 22.6. The molecule has 5 nitrogen and oxygen atoms in total. The van der Waals surface area contributed by atoms with Crippen molar-refractivity contribution >= 4 is 16.9 Å². The molecule has 1 amide bonds. The standard InChI is InChI=1S/C25H23N3O2/c1-30-23-10-3-2-9-20(23)22-16-27-24-21(22)14-19(15-26-24)17-7-6-8-18(13-17)25(29)28-11-4-5-12-28/h2-3,6-10,13-16H,4-5,11-12H2,1H3,(H,26,27). The van der Waals surface area contributed by atoms with E-state index in [1.54, 1.807) is 7.11 Å². The highest BCUT2D eigenvalue weighted by atomic mass is 16.5. The van der Waals surface area contributed by atoms with E-state index in [1.165, 1.54) is 0 Å². The van der Waals surface area contributed by atoms with Gasteiger partial charge in [0.2, 0.25) is 0 Å². The number of aromatic nitrogens is 2. The van der Waals surface area contributed by atoms with Gasteiger partial charge in [-0.15, -0.1) is 0 Å². The number of para-hydroxylation sites is 1. The summed E-state index contributed by atoms with van der Waals surface area (Å²) in [6.07, 6.45) is 5.99. The molecule has 0 spiro atoms. The molecule has 1 fully saturated rings. The number of methoxy groups -OCH3 is 1. The molecule has 1 aliphatic heterocycles. The Morgan fingerprint density at radius 3 is 2.67 bits per heavy atom. The van der Waals surface area contributed by atoms with E-state index in [0.29, 0.717) is 0 Å². The number of rotatable bonds is 4.